The lowest BCUT2D eigenvalue weighted by Gasteiger charge is -2.46. The Hall–Kier alpha value is -3.66. The molecule has 0 heterocycles. The highest BCUT2D eigenvalue weighted by Crippen LogP contribution is 2.41. The number of aliphatic hydroxyl groups excluding tert-OH is 1. The topological polar surface area (TPSA) is 66.4 Å². The fraction of sp³-hybridized carbons (Fsp3) is 0.462. The van der Waals surface area contributed by atoms with Gasteiger partial charge in [-0.1, -0.05) is 193 Å². The molecule has 0 fully saturated rings. The van der Waals surface area contributed by atoms with Crippen molar-refractivity contribution in [2.24, 2.45) is 11.8 Å². The second-order valence-electron chi connectivity index (χ2n) is 17.6. The third-order valence-corrected chi connectivity index (χ3v) is 16.9. The lowest BCUT2D eigenvalue weighted by molar-refractivity contribution is -0.140. The Morgan fingerprint density at radius 3 is 1.17 bits per heavy atom. The van der Waals surface area contributed by atoms with Gasteiger partial charge >= 0.3 is 0 Å². The van der Waals surface area contributed by atoms with Gasteiger partial charge in [0, 0.05) is 11.8 Å². The predicted octanol–water partition coefficient (Wildman–Crippen LogP) is 12.0. The van der Waals surface area contributed by atoms with E-state index in [0.29, 0.717) is 26.4 Å². The summed E-state index contributed by atoms with van der Waals surface area (Å²) in [5, 5.41) is 10.8. The molecule has 0 radical (unpaired) electrons. The smallest absolute Gasteiger partial charge is 0.193 e. The first-order valence-electron chi connectivity index (χ1n) is 21.7. The number of benzene rings is 4. The van der Waals surface area contributed by atoms with Gasteiger partial charge in [-0.15, -0.1) is 0 Å². The van der Waals surface area contributed by atoms with Gasteiger partial charge in [0.2, 0.25) is 0 Å². The zero-order valence-electron chi connectivity index (χ0n) is 37.1. The predicted molar refractivity (Wildman–Crippen MR) is 243 cm³/mol. The van der Waals surface area contributed by atoms with E-state index >= 15 is 0 Å². The molecule has 8 atom stereocenters. The van der Waals surface area contributed by atoms with Crippen LogP contribution < -0.4 is 0 Å². The number of ether oxygens (including phenoxy) is 4. The molecule has 4 aromatic carbocycles. The molecule has 0 aromatic heterocycles. The van der Waals surface area contributed by atoms with Crippen LogP contribution in [0, 0.1) is 11.8 Å². The second kappa shape index (κ2) is 22.3. The Morgan fingerprint density at radius 1 is 0.492 bits per heavy atom. The van der Waals surface area contributed by atoms with Crippen molar-refractivity contribution in [3.63, 3.8) is 0 Å². The van der Waals surface area contributed by atoms with Gasteiger partial charge < -0.3 is 28.5 Å². The fourth-order valence-corrected chi connectivity index (χ4v) is 8.96. The molecular weight excluding hydrogens is 749 g/mol. The van der Waals surface area contributed by atoms with Gasteiger partial charge in [-0.05, 0) is 53.2 Å². The molecule has 0 saturated heterocycles. The van der Waals surface area contributed by atoms with E-state index in [4.69, 9.17) is 23.4 Å². The first-order chi connectivity index (χ1) is 28.3. The quantitative estimate of drug-likeness (QED) is 0.0897. The van der Waals surface area contributed by atoms with Gasteiger partial charge in [0.05, 0.1) is 44.7 Å². The lowest BCUT2D eigenvalue weighted by atomic mass is 9.82. The second-order valence-corrected chi connectivity index (χ2v) is 22.4. The van der Waals surface area contributed by atoms with Crippen molar-refractivity contribution < 1.29 is 28.5 Å². The minimum Gasteiger partial charge on any atom is -0.408 e. The molecule has 7 heteroatoms. The van der Waals surface area contributed by atoms with Crippen LogP contribution in [0.4, 0.5) is 0 Å². The molecule has 0 unspecified atom stereocenters. The first-order valence-corrected chi connectivity index (χ1v) is 24.6. The van der Waals surface area contributed by atoms with Gasteiger partial charge in [0.25, 0.3) is 0 Å². The van der Waals surface area contributed by atoms with E-state index in [0.717, 1.165) is 24.0 Å². The molecule has 318 valence electrons. The number of hydrogen-bond donors (Lipinski definition) is 1. The van der Waals surface area contributed by atoms with Crippen molar-refractivity contribution in [2.45, 2.75) is 142 Å². The van der Waals surface area contributed by atoms with Crippen molar-refractivity contribution in [1.82, 2.24) is 0 Å². The van der Waals surface area contributed by atoms with E-state index in [9.17, 15) is 5.11 Å². The molecule has 0 aliphatic heterocycles. The van der Waals surface area contributed by atoms with Crippen LogP contribution in [0.5, 0.6) is 0 Å². The third kappa shape index (κ3) is 13.2. The van der Waals surface area contributed by atoms with Crippen molar-refractivity contribution in [2.75, 3.05) is 0 Å². The maximum absolute atomic E-state index is 10.7. The Balaban J connectivity index is 0.000000230. The molecule has 0 spiro atoms. The van der Waals surface area contributed by atoms with Crippen molar-refractivity contribution in [3.05, 3.63) is 167 Å². The summed E-state index contributed by atoms with van der Waals surface area (Å²) >= 11 is 0. The zero-order chi connectivity index (χ0) is 42.4. The van der Waals surface area contributed by atoms with Gasteiger partial charge in [-0.25, -0.2) is 0 Å². The maximum atomic E-state index is 10.7. The highest BCUT2D eigenvalue weighted by Gasteiger charge is 2.46. The van der Waals surface area contributed by atoms with E-state index in [1.165, 1.54) is 22.3 Å². The van der Waals surface area contributed by atoms with Gasteiger partial charge in [-0.3, -0.25) is 0 Å². The zero-order valence-corrected chi connectivity index (χ0v) is 38.1. The van der Waals surface area contributed by atoms with Crippen LogP contribution in [0.2, 0.25) is 18.1 Å². The molecule has 6 nitrogen and oxygen atoms in total. The summed E-state index contributed by atoms with van der Waals surface area (Å²) < 4.78 is 32.6. The Kier molecular flexibility index (Phi) is 17.5. The molecule has 0 amide bonds. The fourth-order valence-electron chi connectivity index (χ4n) is 7.72. The molecule has 4 aromatic rings. The molecule has 6 rings (SSSR count). The maximum Gasteiger partial charge on any atom is 0.193 e. The van der Waals surface area contributed by atoms with Crippen molar-refractivity contribution in [3.8, 4) is 0 Å². The van der Waals surface area contributed by atoms with E-state index in [1.54, 1.807) is 0 Å². The van der Waals surface area contributed by atoms with Crippen LogP contribution in [-0.4, -0.2) is 50.0 Å². The monoisotopic (exact) mass is 818 g/mol. The summed E-state index contributed by atoms with van der Waals surface area (Å²) in [5.41, 5.74) is 7.21. The Labute approximate surface area is 356 Å². The summed E-state index contributed by atoms with van der Waals surface area (Å²) in [5.74, 6) is 0.492. The summed E-state index contributed by atoms with van der Waals surface area (Å²) in [4.78, 5) is 0. The van der Waals surface area contributed by atoms with Gasteiger partial charge in [0.15, 0.2) is 8.32 Å². The average Bonchev–Trinajstić information content (AvgIpc) is 3.24. The van der Waals surface area contributed by atoms with Gasteiger partial charge in [-0.2, -0.15) is 0 Å². The highest BCUT2D eigenvalue weighted by atomic mass is 28.4. The summed E-state index contributed by atoms with van der Waals surface area (Å²) in [6.07, 6.45) is 4.66. The number of rotatable bonds is 16. The lowest BCUT2D eigenvalue weighted by Crippen LogP contribution is -2.54. The standard InChI is InChI=1S/C29H42O3Si.C23H28O3/c1-8-25-19-26(32-33(6,7)29(3,4)5)28(31-21-24-17-13-10-14-18-24)27(22(25)2)30-20-23-15-11-9-12-16-23;1-3-20-14-21(24)23(26-16-19-12-8-5-9-13-19)22(17(20)2)25-15-18-10-6-4-7-11-18/h9-19,22,26-28H,8,20-21H2,1-7H3;4-14,17,21-24H,3,15-16H2,1-2H3/t22-,26-,27+,28+;17-,21-,22+,23+/m11/s1. The highest BCUT2D eigenvalue weighted by molar-refractivity contribution is 6.74. The summed E-state index contributed by atoms with van der Waals surface area (Å²) in [6.45, 7) is 22.4. The van der Waals surface area contributed by atoms with E-state index in [2.05, 4.69) is 128 Å². The minimum absolute atomic E-state index is 0.0661. The van der Waals surface area contributed by atoms with Gasteiger partial charge in [0.1, 0.15) is 18.3 Å². The molecular formula is C52H70O6Si. The third-order valence-electron chi connectivity index (χ3n) is 12.4. The van der Waals surface area contributed by atoms with Crippen LogP contribution in [0.15, 0.2) is 145 Å². The van der Waals surface area contributed by atoms with Crippen LogP contribution >= 0.6 is 0 Å². The molecule has 2 aliphatic rings. The SMILES string of the molecule is CCC1=C[C@@H](O)[C@H](OCc2ccccc2)[C@@H](OCc2ccccc2)[C@@H]1C.CCC1=C[C@@H](O[Si](C)(C)C(C)(C)C)[C@H](OCc2ccccc2)[C@@H](OCc2ccccc2)[C@@H]1C. The van der Waals surface area contributed by atoms with E-state index in [1.807, 2.05) is 66.7 Å². The van der Waals surface area contributed by atoms with E-state index < -0.39 is 14.4 Å². The first kappa shape index (κ1) is 46.4. The molecule has 0 saturated carbocycles. The van der Waals surface area contributed by atoms with Crippen LogP contribution in [-0.2, 0) is 49.8 Å². The Morgan fingerprint density at radius 2 is 0.814 bits per heavy atom. The van der Waals surface area contributed by atoms with Crippen molar-refractivity contribution >= 4 is 8.32 Å². The summed E-state index contributed by atoms with van der Waals surface area (Å²) in [7, 11) is -2.00. The molecule has 1 N–H and O–H groups in total. The minimum atomic E-state index is -2.00. The average molecular weight is 819 g/mol. The molecule has 0 bridgehead atoms. The normalized spacial score (nSPS) is 24.7. The van der Waals surface area contributed by atoms with Crippen LogP contribution in [0.25, 0.3) is 0 Å². The number of hydrogen-bond acceptors (Lipinski definition) is 6. The summed E-state index contributed by atoms with van der Waals surface area (Å²) in [6, 6.07) is 41.0. The largest absolute Gasteiger partial charge is 0.408 e. The number of aliphatic hydroxyl groups is 1. The van der Waals surface area contributed by atoms with Crippen LogP contribution in [0.3, 0.4) is 0 Å². The van der Waals surface area contributed by atoms with Crippen molar-refractivity contribution in [1.29, 1.82) is 0 Å². The molecule has 59 heavy (non-hydrogen) atoms. The van der Waals surface area contributed by atoms with E-state index in [-0.39, 0.29) is 47.4 Å². The molecule has 2 aliphatic carbocycles. The Bertz CT molecular complexity index is 1860. The van der Waals surface area contributed by atoms with Crippen LogP contribution in [0.1, 0.15) is 83.6 Å².